The number of aromatic nitrogens is 2. The molecule has 2 aromatic carbocycles. The zero-order valence-electron chi connectivity index (χ0n) is 19.9. The van der Waals surface area contributed by atoms with Gasteiger partial charge in [-0.1, -0.05) is 29.8 Å². The molecule has 0 saturated carbocycles. The number of hydrogen-bond donors (Lipinski definition) is 1. The number of rotatable bonds is 6. The molecule has 7 heteroatoms. The molecule has 6 nitrogen and oxygen atoms in total. The number of pyridine rings is 1. The number of benzene rings is 2. The Morgan fingerprint density at radius 1 is 1.06 bits per heavy atom. The molecule has 1 saturated heterocycles. The number of hydrogen-bond acceptors (Lipinski definition) is 5. The first-order chi connectivity index (χ1) is 17.2. The monoisotopic (exact) mass is 488 g/mol. The Hall–Kier alpha value is -3.22. The maximum Gasteiger partial charge on any atom is 0.142 e. The van der Waals surface area contributed by atoms with E-state index in [4.69, 9.17) is 21.1 Å². The van der Waals surface area contributed by atoms with Gasteiger partial charge in [-0.15, -0.1) is 0 Å². The molecule has 0 bridgehead atoms. The van der Waals surface area contributed by atoms with Gasteiger partial charge in [0, 0.05) is 36.3 Å². The molecule has 180 valence electrons. The topological polar surface area (TPSA) is 53.6 Å². The van der Waals surface area contributed by atoms with E-state index in [1.165, 1.54) is 25.9 Å². The average molecular weight is 489 g/mol. The van der Waals surface area contributed by atoms with Crippen molar-refractivity contribution in [1.29, 1.82) is 0 Å². The van der Waals surface area contributed by atoms with Gasteiger partial charge < -0.3 is 19.4 Å². The van der Waals surface area contributed by atoms with E-state index >= 15 is 0 Å². The fourth-order valence-corrected chi connectivity index (χ4v) is 5.37. The summed E-state index contributed by atoms with van der Waals surface area (Å²) in [4.78, 5) is 12.8. The van der Waals surface area contributed by atoms with Crippen LogP contribution in [0.2, 0.25) is 5.02 Å². The summed E-state index contributed by atoms with van der Waals surface area (Å²) in [5.74, 6) is 1.77. The first-order valence-electron chi connectivity index (χ1n) is 12.3. The van der Waals surface area contributed by atoms with Crippen LogP contribution in [0.1, 0.15) is 12.8 Å². The van der Waals surface area contributed by atoms with Crippen molar-refractivity contribution in [2.75, 3.05) is 51.3 Å². The quantitative estimate of drug-likeness (QED) is 0.369. The van der Waals surface area contributed by atoms with Gasteiger partial charge in [0.15, 0.2) is 0 Å². The summed E-state index contributed by atoms with van der Waals surface area (Å²) in [6.07, 6.45) is 4.32. The van der Waals surface area contributed by atoms with E-state index in [-0.39, 0.29) is 0 Å². The fourth-order valence-electron chi connectivity index (χ4n) is 5.13. The van der Waals surface area contributed by atoms with Crippen LogP contribution >= 0.6 is 11.6 Å². The van der Waals surface area contributed by atoms with Gasteiger partial charge in [0.1, 0.15) is 30.4 Å². The molecule has 4 heterocycles. The van der Waals surface area contributed by atoms with Crippen molar-refractivity contribution in [3.05, 3.63) is 59.8 Å². The maximum absolute atomic E-state index is 6.72. The second-order valence-corrected chi connectivity index (χ2v) is 9.68. The van der Waals surface area contributed by atoms with Crippen molar-refractivity contribution >= 4 is 28.3 Å². The highest BCUT2D eigenvalue weighted by molar-refractivity contribution is 6.36. The molecule has 0 unspecified atom stereocenters. The van der Waals surface area contributed by atoms with E-state index in [0.717, 1.165) is 63.7 Å². The van der Waals surface area contributed by atoms with E-state index in [9.17, 15) is 0 Å². The lowest BCUT2D eigenvalue weighted by molar-refractivity contribution is 0.238. The fraction of sp³-hybridized carbons (Fsp3) is 0.321. The van der Waals surface area contributed by atoms with Crippen molar-refractivity contribution in [3.8, 4) is 33.9 Å². The number of halogens is 1. The van der Waals surface area contributed by atoms with Gasteiger partial charge in [-0.25, -0.2) is 4.98 Å². The highest BCUT2D eigenvalue weighted by atomic mass is 35.5. The van der Waals surface area contributed by atoms with Crippen LogP contribution in [0.25, 0.3) is 33.4 Å². The number of likely N-dealkylation sites (N-methyl/N-ethyl adjacent to an activating group) is 1. The highest BCUT2D eigenvalue weighted by Gasteiger charge is 2.22. The lowest BCUT2D eigenvalue weighted by Crippen LogP contribution is -2.28. The third-order valence-electron chi connectivity index (χ3n) is 6.98. The predicted octanol–water partition coefficient (Wildman–Crippen LogP) is 5.85. The summed E-state index contributed by atoms with van der Waals surface area (Å²) in [6.45, 7) is 5.56. The maximum atomic E-state index is 6.72. The number of likely N-dealkylation sites (tertiary alicyclic amines) is 1. The summed E-state index contributed by atoms with van der Waals surface area (Å²) >= 11 is 6.72. The number of ether oxygens (including phenoxy) is 2. The zero-order chi connectivity index (χ0) is 23.8. The largest absolute Gasteiger partial charge is 0.492 e. The Morgan fingerprint density at radius 2 is 1.94 bits per heavy atom. The number of fused-ring (bicyclic) bond motifs is 2. The van der Waals surface area contributed by atoms with Crippen LogP contribution in [0.5, 0.6) is 11.5 Å². The minimum absolute atomic E-state index is 0.674. The Kier molecular flexibility index (Phi) is 6.00. The Labute approximate surface area is 210 Å². The molecule has 35 heavy (non-hydrogen) atoms. The number of H-pyrrole nitrogens is 1. The molecule has 0 atom stereocenters. The molecule has 2 aliphatic rings. The van der Waals surface area contributed by atoms with Crippen molar-refractivity contribution in [1.82, 2.24) is 14.9 Å². The second kappa shape index (κ2) is 9.44. The molecule has 0 aliphatic carbocycles. The van der Waals surface area contributed by atoms with E-state index in [0.29, 0.717) is 18.2 Å². The van der Waals surface area contributed by atoms with Crippen molar-refractivity contribution in [2.45, 2.75) is 12.8 Å². The van der Waals surface area contributed by atoms with Crippen LogP contribution in [-0.2, 0) is 0 Å². The molecule has 1 fully saturated rings. The van der Waals surface area contributed by atoms with Crippen LogP contribution in [-0.4, -0.2) is 61.3 Å². The van der Waals surface area contributed by atoms with E-state index < -0.39 is 0 Å². The Morgan fingerprint density at radius 3 is 2.83 bits per heavy atom. The summed E-state index contributed by atoms with van der Waals surface area (Å²) < 4.78 is 12.0. The van der Waals surface area contributed by atoms with Gasteiger partial charge in [-0.3, -0.25) is 4.90 Å². The lowest BCUT2D eigenvalue weighted by atomic mass is 9.97. The van der Waals surface area contributed by atoms with Crippen LogP contribution in [0, 0.1) is 0 Å². The first-order valence-corrected chi connectivity index (χ1v) is 12.7. The standard InChI is InChI=1S/C28H29ClN4O2/c1-32-13-15-35-24-8-7-19(18-23(24)32)25-26-22(29)9-10-30-28(26)31-27(25)20-5-4-6-21(17-20)34-16-14-33-11-2-3-12-33/h4-10,17-18H,2-3,11-16H2,1H3,(H,30,31). The van der Waals surface area contributed by atoms with Gasteiger partial charge >= 0.3 is 0 Å². The number of nitrogens with one attached hydrogen (secondary N) is 1. The summed E-state index contributed by atoms with van der Waals surface area (Å²) in [5, 5.41) is 1.59. The van der Waals surface area contributed by atoms with Crippen molar-refractivity contribution in [2.24, 2.45) is 0 Å². The van der Waals surface area contributed by atoms with Gasteiger partial charge in [0.2, 0.25) is 0 Å². The predicted molar refractivity (Wildman–Crippen MR) is 142 cm³/mol. The normalized spacial score (nSPS) is 15.9. The molecule has 6 rings (SSSR count). The summed E-state index contributed by atoms with van der Waals surface area (Å²) in [7, 11) is 2.10. The van der Waals surface area contributed by atoms with Gasteiger partial charge in [-0.05, 0) is 61.8 Å². The van der Waals surface area contributed by atoms with Crippen molar-refractivity contribution in [3.63, 3.8) is 0 Å². The highest BCUT2D eigenvalue weighted by Crippen LogP contribution is 2.44. The third kappa shape index (κ3) is 4.32. The third-order valence-corrected chi connectivity index (χ3v) is 7.30. The van der Waals surface area contributed by atoms with E-state index in [1.54, 1.807) is 6.20 Å². The molecule has 4 aromatic rings. The Balaban J connectivity index is 1.40. The van der Waals surface area contributed by atoms with Crippen LogP contribution in [0.15, 0.2) is 54.7 Å². The molecular formula is C28H29ClN4O2. The van der Waals surface area contributed by atoms with E-state index in [2.05, 4.69) is 51.1 Å². The number of anilines is 1. The Bertz CT molecular complexity index is 1360. The average Bonchev–Trinajstić information content (AvgIpc) is 3.53. The van der Waals surface area contributed by atoms with Gasteiger partial charge in [0.25, 0.3) is 0 Å². The van der Waals surface area contributed by atoms with Crippen molar-refractivity contribution < 1.29 is 9.47 Å². The number of nitrogens with zero attached hydrogens (tertiary/aromatic N) is 3. The second-order valence-electron chi connectivity index (χ2n) is 9.27. The molecule has 0 amide bonds. The van der Waals surface area contributed by atoms with Crippen LogP contribution < -0.4 is 14.4 Å². The molecule has 0 radical (unpaired) electrons. The minimum atomic E-state index is 0.674. The first kappa shape index (κ1) is 22.3. The van der Waals surface area contributed by atoms with Crippen LogP contribution in [0.4, 0.5) is 5.69 Å². The minimum Gasteiger partial charge on any atom is -0.492 e. The molecule has 2 aliphatic heterocycles. The number of aromatic amines is 1. The molecule has 1 N–H and O–H groups in total. The lowest BCUT2D eigenvalue weighted by Gasteiger charge is -2.28. The summed E-state index contributed by atoms with van der Waals surface area (Å²) in [5.41, 5.74) is 5.96. The van der Waals surface area contributed by atoms with Gasteiger partial charge in [0.05, 0.1) is 22.9 Å². The van der Waals surface area contributed by atoms with E-state index in [1.807, 2.05) is 24.3 Å². The SMILES string of the molecule is CN1CCOc2ccc(-c3c(-c4cccc(OCCN5CCCC5)c4)[nH]c4nccc(Cl)c34)cc21. The summed E-state index contributed by atoms with van der Waals surface area (Å²) in [6, 6.07) is 16.4. The van der Waals surface area contributed by atoms with Crippen LogP contribution in [0.3, 0.4) is 0 Å². The zero-order valence-corrected chi connectivity index (χ0v) is 20.6. The molecule has 2 aromatic heterocycles. The van der Waals surface area contributed by atoms with Gasteiger partial charge in [-0.2, -0.15) is 0 Å². The smallest absolute Gasteiger partial charge is 0.142 e. The molecular weight excluding hydrogens is 460 g/mol. The molecule has 0 spiro atoms.